The second-order valence-electron chi connectivity index (χ2n) is 6.57. The number of hydrogen-bond donors (Lipinski definition) is 0. The van der Waals surface area contributed by atoms with Gasteiger partial charge in [-0.15, -0.1) is 0 Å². The van der Waals surface area contributed by atoms with E-state index in [1.54, 1.807) is 0 Å². The summed E-state index contributed by atoms with van der Waals surface area (Å²) < 4.78 is 21.7. The zero-order valence-corrected chi connectivity index (χ0v) is 17.1. The Kier molecular flexibility index (Phi) is 23.7. The van der Waals surface area contributed by atoms with Crippen molar-refractivity contribution in [2.45, 2.75) is 84.5 Å². The minimum atomic E-state index is 0.645. The highest BCUT2D eigenvalue weighted by molar-refractivity contribution is 4.47. The second-order valence-corrected chi connectivity index (χ2v) is 6.57. The topological polar surface area (TPSA) is 36.9 Å². The van der Waals surface area contributed by atoms with Crippen molar-refractivity contribution in [3.8, 4) is 0 Å². The van der Waals surface area contributed by atoms with Gasteiger partial charge in [0.05, 0.1) is 26.4 Å². The van der Waals surface area contributed by atoms with Crippen LogP contribution in [0.15, 0.2) is 0 Å². The molecule has 0 aliphatic rings. The molecule has 0 aromatic carbocycles. The van der Waals surface area contributed by atoms with Gasteiger partial charge in [-0.05, 0) is 19.8 Å². The van der Waals surface area contributed by atoms with E-state index in [1.807, 2.05) is 6.92 Å². The van der Waals surface area contributed by atoms with E-state index in [4.69, 9.17) is 18.9 Å². The molecule has 0 saturated carbocycles. The Morgan fingerprint density at radius 1 is 0.360 bits per heavy atom. The van der Waals surface area contributed by atoms with E-state index in [0.29, 0.717) is 26.4 Å². The van der Waals surface area contributed by atoms with E-state index in [2.05, 4.69) is 6.92 Å². The SMILES string of the molecule is CCCCCCCCCCCCOCCCOCCOCCOCC. The van der Waals surface area contributed by atoms with Crippen molar-refractivity contribution in [1.82, 2.24) is 0 Å². The molecule has 0 saturated heterocycles. The first-order valence-corrected chi connectivity index (χ1v) is 10.7. The van der Waals surface area contributed by atoms with Gasteiger partial charge in [0.1, 0.15) is 0 Å². The first-order chi connectivity index (χ1) is 12.4. The Labute approximate surface area is 156 Å². The van der Waals surface area contributed by atoms with E-state index in [0.717, 1.165) is 32.8 Å². The monoisotopic (exact) mass is 360 g/mol. The highest BCUT2D eigenvalue weighted by Gasteiger charge is 1.94. The number of hydrogen-bond acceptors (Lipinski definition) is 4. The van der Waals surface area contributed by atoms with Crippen LogP contribution in [0.2, 0.25) is 0 Å². The first-order valence-electron chi connectivity index (χ1n) is 10.7. The van der Waals surface area contributed by atoms with Crippen LogP contribution < -0.4 is 0 Å². The van der Waals surface area contributed by atoms with Crippen molar-refractivity contribution >= 4 is 0 Å². The molecular formula is C21H44O4. The molecule has 0 fully saturated rings. The molecule has 0 aromatic rings. The van der Waals surface area contributed by atoms with Crippen LogP contribution in [-0.4, -0.2) is 52.9 Å². The third kappa shape index (κ3) is 23.8. The molecule has 4 heteroatoms. The summed E-state index contributed by atoms with van der Waals surface area (Å²) in [5.41, 5.74) is 0. The van der Waals surface area contributed by atoms with Gasteiger partial charge in [-0.3, -0.25) is 0 Å². The average molecular weight is 361 g/mol. The number of ether oxygens (including phenoxy) is 4. The maximum Gasteiger partial charge on any atom is 0.0701 e. The molecule has 0 aliphatic heterocycles. The molecule has 0 heterocycles. The smallest absolute Gasteiger partial charge is 0.0701 e. The summed E-state index contributed by atoms with van der Waals surface area (Å²) >= 11 is 0. The Hall–Kier alpha value is -0.160. The summed E-state index contributed by atoms with van der Waals surface area (Å²) in [6.45, 7) is 10.1. The third-order valence-corrected chi connectivity index (χ3v) is 4.17. The summed E-state index contributed by atoms with van der Waals surface area (Å²) in [7, 11) is 0. The number of unbranched alkanes of at least 4 members (excludes halogenated alkanes) is 9. The van der Waals surface area contributed by atoms with E-state index >= 15 is 0 Å². The van der Waals surface area contributed by atoms with Crippen LogP contribution in [0.5, 0.6) is 0 Å². The Bertz CT molecular complexity index is 202. The molecule has 25 heavy (non-hydrogen) atoms. The van der Waals surface area contributed by atoms with Crippen LogP contribution in [0, 0.1) is 0 Å². The molecule has 0 N–H and O–H groups in total. The summed E-state index contributed by atoms with van der Waals surface area (Å²) in [6.07, 6.45) is 14.7. The first kappa shape index (κ1) is 24.8. The normalized spacial score (nSPS) is 11.3. The Balaban J connectivity index is 2.94. The summed E-state index contributed by atoms with van der Waals surface area (Å²) in [5, 5.41) is 0. The Morgan fingerprint density at radius 3 is 1.32 bits per heavy atom. The highest BCUT2D eigenvalue weighted by Crippen LogP contribution is 2.10. The van der Waals surface area contributed by atoms with E-state index in [1.165, 1.54) is 64.2 Å². The molecule has 152 valence electrons. The molecule has 0 bridgehead atoms. The lowest BCUT2D eigenvalue weighted by atomic mass is 10.1. The molecule has 0 unspecified atom stereocenters. The lowest BCUT2D eigenvalue weighted by Crippen LogP contribution is -2.10. The van der Waals surface area contributed by atoms with Crippen LogP contribution in [0.25, 0.3) is 0 Å². The molecule has 0 aromatic heterocycles. The molecule has 0 spiro atoms. The molecular weight excluding hydrogens is 316 g/mol. The van der Waals surface area contributed by atoms with Crippen molar-refractivity contribution in [3.05, 3.63) is 0 Å². The van der Waals surface area contributed by atoms with Gasteiger partial charge in [-0.25, -0.2) is 0 Å². The van der Waals surface area contributed by atoms with Crippen molar-refractivity contribution in [2.75, 3.05) is 52.9 Å². The van der Waals surface area contributed by atoms with Crippen LogP contribution in [-0.2, 0) is 18.9 Å². The molecule has 0 rings (SSSR count). The lowest BCUT2D eigenvalue weighted by Gasteiger charge is -2.07. The lowest BCUT2D eigenvalue weighted by molar-refractivity contribution is 0.0117. The molecule has 0 aliphatic carbocycles. The predicted octanol–water partition coefficient (Wildman–Crippen LogP) is 5.38. The fourth-order valence-corrected chi connectivity index (χ4v) is 2.64. The molecule has 0 amide bonds. The molecule has 4 nitrogen and oxygen atoms in total. The predicted molar refractivity (Wildman–Crippen MR) is 105 cm³/mol. The van der Waals surface area contributed by atoms with Crippen molar-refractivity contribution in [1.29, 1.82) is 0 Å². The fourth-order valence-electron chi connectivity index (χ4n) is 2.64. The van der Waals surface area contributed by atoms with Crippen molar-refractivity contribution in [2.24, 2.45) is 0 Å². The summed E-state index contributed by atoms with van der Waals surface area (Å²) in [6, 6.07) is 0. The van der Waals surface area contributed by atoms with Crippen LogP contribution in [0.4, 0.5) is 0 Å². The van der Waals surface area contributed by atoms with Crippen molar-refractivity contribution < 1.29 is 18.9 Å². The van der Waals surface area contributed by atoms with Crippen LogP contribution in [0.1, 0.15) is 84.5 Å². The van der Waals surface area contributed by atoms with Gasteiger partial charge >= 0.3 is 0 Å². The van der Waals surface area contributed by atoms with Crippen molar-refractivity contribution in [3.63, 3.8) is 0 Å². The maximum absolute atomic E-state index is 5.65. The standard InChI is InChI=1S/C21H44O4/c1-3-5-6-7-8-9-10-11-12-13-15-23-16-14-17-24-20-21-25-19-18-22-4-2/h3-21H2,1-2H3. The number of rotatable bonds is 22. The van der Waals surface area contributed by atoms with Gasteiger partial charge < -0.3 is 18.9 Å². The third-order valence-electron chi connectivity index (χ3n) is 4.17. The van der Waals surface area contributed by atoms with Gasteiger partial charge in [0.15, 0.2) is 0 Å². The fraction of sp³-hybridized carbons (Fsp3) is 1.00. The van der Waals surface area contributed by atoms with E-state index < -0.39 is 0 Å². The zero-order chi connectivity index (χ0) is 18.3. The van der Waals surface area contributed by atoms with Gasteiger partial charge in [0.25, 0.3) is 0 Å². The minimum Gasteiger partial charge on any atom is -0.381 e. The minimum absolute atomic E-state index is 0.645. The van der Waals surface area contributed by atoms with Gasteiger partial charge in [-0.1, -0.05) is 64.7 Å². The van der Waals surface area contributed by atoms with Gasteiger partial charge in [-0.2, -0.15) is 0 Å². The van der Waals surface area contributed by atoms with Crippen LogP contribution in [0.3, 0.4) is 0 Å². The van der Waals surface area contributed by atoms with E-state index in [-0.39, 0.29) is 0 Å². The van der Waals surface area contributed by atoms with Gasteiger partial charge in [0.2, 0.25) is 0 Å². The maximum atomic E-state index is 5.65. The van der Waals surface area contributed by atoms with Gasteiger partial charge in [0, 0.05) is 26.4 Å². The molecule has 0 radical (unpaired) electrons. The summed E-state index contributed by atoms with van der Waals surface area (Å²) in [4.78, 5) is 0. The quantitative estimate of drug-likeness (QED) is 0.243. The largest absolute Gasteiger partial charge is 0.381 e. The zero-order valence-electron chi connectivity index (χ0n) is 17.1. The second kappa shape index (κ2) is 23.8. The highest BCUT2D eigenvalue weighted by atomic mass is 16.5. The molecule has 0 atom stereocenters. The summed E-state index contributed by atoms with van der Waals surface area (Å²) in [5.74, 6) is 0. The van der Waals surface area contributed by atoms with Crippen LogP contribution >= 0.6 is 0 Å². The Morgan fingerprint density at radius 2 is 0.760 bits per heavy atom. The van der Waals surface area contributed by atoms with E-state index in [9.17, 15) is 0 Å². The average Bonchev–Trinajstić information content (AvgIpc) is 2.63.